The number of rotatable bonds is 5. The first-order valence-corrected chi connectivity index (χ1v) is 5.73. The lowest BCUT2D eigenvalue weighted by molar-refractivity contribution is -0.133. The number of carbonyl (C=O) groups excluding carboxylic acids is 2. The fraction of sp³-hybridized carbons (Fsp3) is 0.583. The van der Waals surface area contributed by atoms with Crippen molar-refractivity contribution in [3.8, 4) is 0 Å². The van der Waals surface area contributed by atoms with E-state index in [2.05, 4.69) is 5.32 Å². The third-order valence-electron chi connectivity index (χ3n) is 3.50. The van der Waals surface area contributed by atoms with Gasteiger partial charge in [0.2, 0.25) is 11.8 Å². The van der Waals surface area contributed by atoms with Gasteiger partial charge in [-0.15, -0.1) is 0 Å². The van der Waals surface area contributed by atoms with Crippen molar-refractivity contribution in [2.75, 3.05) is 0 Å². The molecular formula is C12H18N2O4. The normalized spacial score (nSPS) is 19.5. The predicted molar refractivity (Wildman–Crippen MR) is 64.5 cm³/mol. The molecule has 0 aromatic carbocycles. The summed E-state index contributed by atoms with van der Waals surface area (Å²) in [5, 5.41) is 11.4. The molecule has 0 bridgehead atoms. The molecule has 1 rings (SSSR count). The zero-order valence-electron chi connectivity index (χ0n) is 10.7. The average molecular weight is 254 g/mol. The number of hydrogen-bond donors (Lipinski definition) is 3. The quantitative estimate of drug-likeness (QED) is 0.608. The SMILES string of the molecule is C/C(C(=O)O)=C(\C)C(=O)NC(C)(C(N)=O)C1CC1. The van der Waals surface area contributed by atoms with Crippen LogP contribution in [0.15, 0.2) is 11.1 Å². The van der Waals surface area contributed by atoms with Gasteiger partial charge in [0, 0.05) is 11.1 Å². The molecule has 0 saturated heterocycles. The Morgan fingerprint density at radius 3 is 2.06 bits per heavy atom. The Morgan fingerprint density at radius 2 is 1.72 bits per heavy atom. The van der Waals surface area contributed by atoms with Gasteiger partial charge in [-0.3, -0.25) is 9.59 Å². The molecule has 0 spiro atoms. The zero-order valence-corrected chi connectivity index (χ0v) is 10.7. The van der Waals surface area contributed by atoms with Crippen molar-refractivity contribution in [3.63, 3.8) is 0 Å². The summed E-state index contributed by atoms with van der Waals surface area (Å²) in [6, 6.07) is 0. The average Bonchev–Trinajstić information content (AvgIpc) is 3.10. The Hall–Kier alpha value is -1.85. The molecule has 0 radical (unpaired) electrons. The Morgan fingerprint density at radius 1 is 1.22 bits per heavy atom. The van der Waals surface area contributed by atoms with E-state index in [0.29, 0.717) is 0 Å². The van der Waals surface area contributed by atoms with E-state index in [1.165, 1.54) is 13.8 Å². The fourth-order valence-electron chi connectivity index (χ4n) is 1.69. The van der Waals surface area contributed by atoms with Gasteiger partial charge in [-0.25, -0.2) is 4.79 Å². The second-order valence-corrected chi connectivity index (χ2v) is 4.85. The van der Waals surface area contributed by atoms with Crippen molar-refractivity contribution >= 4 is 17.8 Å². The Balaban J connectivity index is 2.90. The van der Waals surface area contributed by atoms with E-state index in [1.54, 1.807) is 6.92 Å². The molecule has 0 aliphatic heterocycles. The smallest absolute Gasteiger partial charge is 0.331 e. The Bertz CT molecular complexity index is 437. The van der Waals surface area contributed by atoms with Crippen molar-refractivity contribution in [2.45, 2.75) is 39.2 Å². The number of primary amides is 1. The number of amides is 2. The molecule has 1 unspecified atom stereocenters. The topological polar surface area (TPSA) is 109 Å². The molecule has 0 aromatic rings. The van der Waals surface area contributed by atoms with E-state index >= 15 is 0 Å². The first-order chi connectivity index (χ1) is 8.20. The van der Waals surface area contributed by atoms with Crippen molar-refractivity contribution < 1.29 is 19.5 Å². The fourth-order valence-corrected chi connectivity index (χ4v) is 1.69. The molecule has 0 aromatic heterocycles. The third kappa shape index (κ3) is 2.69. The first-order valence-electron chi connectivity index (χ1n) is 5.73. The summed E-state index contributed by atoms with van der Waals surface area (Å²) < 4.78 is 0. The van der Waals surface area contributed by atoms with Gasteiger partial charge in [-0.2, -0.15) is 0 Å². The summed E-state index contributed by atoms with van der Waals surface area (Å²) in [4.78, 5) is 34.1. The van der Waals surface area contributed by atoms with Gasteiger partial charge in [-0.1, -0.05) is 0 Å². The monoisotopic (exact) mass is 254 g/mol. The Kier molecular flexibility index (Phi) is 3.79. The van der Waals surface area contributed by atoms with Gasteiger partial charge in [0.25, 0.3) is 0 Å². The molecular weight excluding hydrogens is 236 g/mol. The van der Waals surface area contributed by atoms with Gasteiger partial charge in [0.15, 0.2) is 0 Å². The lowest BCUT2D eigenvalue weighted by Crippen LogP contribution is -2.57. The predicted octanol–water partition coefficient (Wildman–Crippen LogP) is 0.178. The highest BCUT2D eigenvalue weighted by Gasteiger charge is 2.47. The molecule has 1 saturated carbocycles. The summed E-state index contributed by atoms with van der Waals surface area (Å²) in [6.45, 7) is 4.33. The minimum absolute atomic E-state index is 0.0388. The number of nitrogens with two attached hydrogens (primary N) is 1. The number of hydrogen-bond acceptors (Lipinski definition) is 3. The van der Waals surface area contributed by atoms with Crippen molar-refractivity contribution in [2.24, 2.45) is 11.7 Å². The minimum atomic E-state index is -1.16. The van der Waals surface area contributed by atoms with Crippen LogP contribution in [0.3, 0.4) is 0 Å². The molecule has 100 valence electrons. The van der Waals surface area contributed by atoms with Crippen LogP contribution in [0.1, 0.15) is 33.6 Å². The number of carboxylic acid groups (broad SMARTS) is 1. The van der Waals surface area contributed by atoms with Crippen LogP contribution in [0.2, 0.25) is 0 Å². The number of aliphatic carboxylic acids is 1. The highest BCUT2D eigenvalue weighted by molar-refractivity contribution is 6.03. The van der Waals surface area contributed by atoms with E-state index in [0.717, 1.165) is 12.8 Å². The summed E-state index contributed by atoms with van der Waals surface area (Å²) >= 11 is 0. The molecule has 1 fully saturated rings. The van der Waals surface area contributed by atoms with E-state index in [-0.39, 0.29) is 17.1 Å². The van der Waals surface area contributed by atoms with Crippen LogP contribution in [-0.4, -0.2) is 28.4 Å². The van der Waals surface area contributed by atoms with E-state index < -0.39 is 23.3 Å². The second-order valence-electron chi connectivity index (χ2n) is 4.85. The van der Waals surface area contributed by atoms with E-state index in [9.17, 15) is 14.4 Å². The molecule has 2 amide bonds. The molecule has 0 heterocycles. The van der Waals surface area contributed by atoms with Crippen LogP contribution in [-0.2, 0) is 14.4 Å². The highest BCUT2D eigenvalue weighted by atomic mass is 16.4. The molecule has 1 aliphatic carbocycles. The van der Waals surface area contributed by atoms with Crippen LogP contribution >= 0.6 is 0 Å². The molecule has 4 N–H and O–H groups in total. The summed E-state index contributed by atoms with van der Waals surface area (Å²) in [5.41, 5.74) is 4.24. The van der Waals surface area contributed by atoms with Crippen molar-refractivity contribution in [1.29, 1.82) is 0 Å². The summed E-state index contributed by atoms with van der Waals surface area (Å²) in [7, 11) is 0. The minimum Gasteiger partial charge on any atom is -0.478 e. The van der Waals surface area contributed by atoms with Gasteiger partial charge >= 0.3 is 5.97 Å². The largest absolute Gasteiger partial charge is 0.478 e. The maximum atomic E-state index is 11.9. The number of carboxylic acids is 1. The molecule has 1 atom stereocenters. The standard InChI is InChI=1S/C12H18N2O4/c1-6(7(2)10(16)17)9(15)14-12(3,11(13)18)8-4-5-8/h8H,4-5H2,1-3H3,(H2,13,18)(H,14,15)(H,16,17)/b7-6-. The van der Waals surface area contributed by atoms with Gasteiger partial charge in [0.05, 0.1) is 0 Å². The molecule has 6 nitrogen and oxygen atoms in total. The highest BCUT2D eigenvalue weighted by Crippen LogP contribution is 2.39. The number of carbonyl (C=O) groups is 3. The lowest BCUT2D eigenvalue weighted by atomic mass is 9.94. The molecule has 18 heavy (non-hydrogen) atoms. The van der Waals surface area contributed by atoms with Crippen LogP contribution in [0, 0.1) is 5.92 Å². The van der Waals surface area contributed by atoms with E-state index in [1.807, 2.05) is 0 Å². The van der Waals surface area contributed by atoms with Gasteiger partial charge in [0.1, 0.15) is 5.54 Å². The van der Waals surface area contributed by atoms with Crippen LogP contribution in [0.5, 0.6) is 0 Å². The van der Waals surface area contributed by atoms with Gasteiger partial charge in [-0.05, 0) is 39.5 Å². The van der Waals surface area contributed by atoms with Crippen LogP contribution in [0.4, 0.5) is 0 Å². The lowest BCUT2D eigenvalue weighted by Gasteiger charge is -2.27. The number of nitrogens with one attached hydrogen (secondary N) is 1. The van der Waals surface area contributed by atoms with Crippen LogP contribution in [0.25, 0.3) is 0 Å². The molecule has 1 aliphatic rings. The molecule has 6 heteroatoms. The second kappa shape index (κ2) is 4.80. The van der Waals surface area contributed by atoms with Crippen LogP contribution < -0.4 is 11.1 Å². The maximum absolute atomic E-state index is 11.9. The Labute approximate surface area is 105 Å². The first kappa shape index (κ1) is 14.2. The maximum Gasteiger partial charge on any atom is 0.331 e. The van der Waals surface area contributed by atoms with Crippen molar-refractivity contribution in [3.05, 3.63) is 11.1 Å². The van der Waals surface area contributed by atoms with E-state index in [4.69, 9.17) is 10.8 Å². The van der Waals surface area contributed by atoms with Gasteiger partial charge < -0.3 is 16.2 Å². The van der Waals surface area contributed by atoms with Crippen molar-refractivity contribution in [1.82, 2.24) is 5.32 Å². The summed E-state index contributed by atoms with van der Waals surface area (Å²) in [6.07, 6.45) is 1.67. The summed E-state index contributed by atoms with van der Waals surface area (Å²) in [5.74, 6) is -2.28. The zero-order chi connectivity index (χ0) is 14.1. The third-order valence-corrected chi connectivity index (χ3v) is 3.50.